The molecule has 0 bridgehead atoms. The molecule has 1 amide bonds. The van der Waals surface area contributed by atoms with Gasteiger partial charge < -0.3 is 29.4 Å². The van der Waals surface area contributed by atoms with Gasteiger partial charge in [0.05, 0.1) is 12.1 Å². The Bertz CT molecular complexity index is 1400. The van der Waals surface area contributed by atoms with Crippen molar-refractivity contribution in [3.8, 4) is 23.0 Å². The van der Waals surface area contributed by atoms with E-state index < -0.39 is 11.9 Å². The number of hydrogen-bond acceptors (Lipinski definition) is 6. The Kier molecular flexibility index (Phi) is 6.17. The third kappa shape index (κ3) is 4.59. The Morgan fingerprint density at radius 1 is 1.14 bits per heavy atom. The molecule has 0 radical (unpaired) electrons. The Hall–Kier alpha value is -3.85. The van der Waals surface area contributed by atoms with E-state index in [9.17, 15) is 4.79 Å². The van der Waals surface area contributed by atoms with Gasteiger partial charge in [0.1, 0.15) is 5.75 Å². The monoisotopic (exact) mass is 478 g/mol. The van der Waals surface area contributed by atoms with E-state index >= 15 is 4.39 Å². The molecule has 0 unspecified atom stereocenters. The predicted octanol–water partition coefficient (Wildman–Crippen LogP) is 5.15. The number of nitrogens with one attached hydrogen (secondary N) is 2. The number of halogens is 1. The van der Waals surface area contributed by atoms with Gasteiger partial charge in [0, 0.05) is 59.9 Å². The SMILES string of the molecule is CCOc1cc2nccc(Oc3ccc4[nH]c(C)cc4c3F)c2cc1OC(=O)N1CCN[C@H](C)C1. The van der Waals surface area contributed by atoms with Crippen LogP contribution < -0.4 is 19.5 Å². The topological polar surface area (TPSA) is 88.7 Å². The smallest absolute Gasteiger partial charge is 0.415 e. The van der Waals surface area contributed by atoms with Gasteiger partial charge >= 0.3 is 6.09 Å². The molecule has 1 saturated heterocycles. The van der Waals surface area contributed by atoms with Crippen molar-refractivity contribution < 1.29 is 23.4 Å². The van der Waals surface area contributed by atoms with Crippen LogP contribution in [0, 0.1) is 12.7 Å². The molecule has 9 heteroatoms. The molecular weight excluding hydrogens is 451 g/mol. The molecule has 182 valence electrons. The summed E-state index contributed by atoms with van der Waals surface area (Å²) in [6, 6.07) is 10.3. The number of amides is 1. The first kappa shape index (κ1) is 22.9. The fraction of sp³-hybridized carbons (Fsp3) is 0.308. The lowest BCUT2D eigenvalue weighted by molar-refractivity contribution is 0.135. The summed E-state index contributed by atoms with van der Waals surface area (Å²) in [4.78, 5) is 22.1. The summed E-state index contributed by atoms with van der Waals surface area (Å²) in [5.41, 5.74) is 2.13. The maximum Gasteiger partial charge on any atom is 0.415 e. The van der Waals surface area contributed by atoms with Gasteiger partial charge in [0.2, 0.25) is 0 Å². The van der Waals surface area contributed by atoms with Gasteiger partial charge in [-0.15, -0.1) is 0 Å². The number of benzene rings is 2. The molecular formula is C26H27FN4O4. The minimum absolute atomic E-state index is 0.0891. The van der Waals surface area contributed by atoms with Crippen molar-refractivity contribution in [1.29, 1.82) is 0 Å². The van der Waals surface area contributed by atoms with Gasteiger partial charge in [0.15, 0.2) is 23.1 Å². The van der Waals surface area contributed by atoms with Crippen molar-refractivity contribution in [3.05, 3.63) is 54.1 Å². The van der Waals surface area contributed by atoms with Gasteiger partial charge in [-0.05, 0) is 51.1 Å². The fourth-order valence-corrected chi connectivity index (χ4v) is 4.31. The van der Waals surface area contributed by atoms with Gasteiger partial charge in [-0.3, -0.25) is 4.98 Å². The fourth-order valence-electron chi connectivity index (χ4n) is 4.31. The van der Waals surface area contributed by atoms with E-state index in [1.165, 1.54) is 0 Å². The summed E-state index contributed by atoms with van der Waals surface area (Å²) in [7, 11) is 0. The van der Waals surface area contributed by atoms with Crippen LogP contribution in [0.15, 0.2) is 42.6 Å². The van der Waals surface area contributed by atoms with E-state index in [1.54, 1.807) is 47.5 Å². The largest absolute Gasteiger partial charge is 0.490 e. The number of piperazine rings is 1. The molecule has 5 rings (SSSR count). The molecule has 8 nitrogen and oxygen atoms in total. The van der Waals surface area contributed by atoms with Gasteiger partial charge in [-0.2, -0.15) is 0 Å². The summed E-state index contributed by atoms with van der Waals surface area (Å²) in [6.07, 6.45) is 1.13. The number of aromatic amines is 1. The van der Waals surface area contributed by atoms with Crippen molar-refractivity contribution in [1.82, 2.24) is 20.2 Å². The molecule has 3 heterocycles. The van der Waals surface area contributed by atoms with Gasteiger partial charge in [-0.1, -0.05) is 0 Å². The molecule has 2 aromatic heterocycles. The third-order valence-electron chi connectivity index (χ3n) is 5.95. The van der Waals surface area contributed by atoms with Crippen LogP contribution in [0.5, 0.6) is 23.0 Å². The first-order chi connectivity index (χ1) is 16.9. The van der Waals surface area contributed by atoms with Crippen molar-refractivity contribution in [2.75, 3.05) is 26.2 Å². The molecule has 2 N–H and O–H groups in total. The minimum Gasteiger partial charge on any atom is -0.490 e. The van der Waals surface area contributed by atoms with Crippen molar-refractivity contribution in [2.24, 2.45) is 0 Å². The van der Waals surface area contributed by atoms with Crippen LogP contribution in [-0.4, -0.2) is 53.2 Å². The van der Waals surface area contributed by atoms with Crippen LogP contribution in [0.25, 0.3) is 21.8 Å². The Balaban J connectivity index is 1.51. The summed E-state index contributed by atoms with van der Waals surface area (Å²) < 4.78 is 32.6. The molecule has 0 saturated carbocycles. The molecule has 35 heavy (non-hydrogen) atoms. The third-order valence-corrected chi connectivity index (χ3v) is 5.95. The number of H-pyrrole nitrogens is 1. The first-order valence-electron chi connectivity index (χ1n) is 11.6. The normalized spacial score (nSPS) is 16.0. The zero-order valence-corrected chi connectivity index (χ0v) is 19.9. The second-order valence-corrected chi connectivity index (χ2v) is 8.62. The van der Waals surface area contributed by atoms with Crippen LogP contribution in [0.1, 0.15) is 19.5 Å². The summed E-state index contributed by atoms with van der Waals surface area (Å²) in [6.45, 7) is 7.92. The number of fused-ring (bicyclic) bond motifs is 2. The van der Waals surface area contributed by atoms with Crippen molar-refractivity contribution in [3.63, 3.8) is 0 Å². The number of carbonyl (C=O) groups is 1. The highest BCUT2D eigenvalue weighted by Gasteiger charge is 2.24. The predicted molar refractivity (Wildman–Crippen MR) is 131 cm³/mol. The number of pyridine rings is 1. The Labute approximate surface area is 202 Å². The van der Waals surface area contributed by atoms with E-state index in [4.69, 9.17) is 14.2 Å². The molecule has 1 aliphatic rings. The number of aryl methyl sites for hydroxylation is 1. The molecule has 4 aromatic rings. The van der Waals surface area contributed by atoms with Crippen LogP contribution in [0.3, 0.4) is 0 Å². The van der Waals surface area contributed by atoms with Crippen molar-refractivity contribution in [2.45, 2.75) is 26.8 Å². The quantitative estimate of drug-likeness (QED) is 0.413. The minimum atomic E-state index is -0.456. The average Bonchev–Trinajstić information content (AvgIpc) is 3.23. The highest BCUT2D eigenvalue weighted by atomic mass is 19.1. The van der Waals surface area contributed by atoms with Crippen molar-refractivity contribution >= 4 is 27.9 Å². The van der Waals surface area contributed by atoms with E-state index in [2.05, 4.69) is 15.3 Å². The molecule has 0 aliphatic carbocycles. The Morgan fingerprint density at radius 3 is 2.80 bits per heavy atom. The van der Waals surface area contributed by atoms with Crippen LogP contribution in [-0.2, 0) is 0 Å². The maximum absolute atomic E-state index is 15.2. The number of ether oxygens (including phenoxy) is 3. The first-order valence-corrected chi connectivity index (χ1v) is 11.6. The maximum atomic E-state index is 15.2. The van der Waals surface area contributed by atoms with Crippen LogP contribution in [0.4, 0.5) is 9.18 Å². The van der Waals surface area contributed by atoms with E-state index in [0.29, 0.717) is 59.5 Å². The molecule has 1 aliphatic heterocycles. The molecule has 1 fully saturated rings. The second kappa shape index (κ2) is 9.42. The average molecular weight is 479 g/mol. The molecule has 1 atom stereocenters. The number of aromatic nitrogens is 2. The van der Waals surface area contributed by atoms with Gasteiger partial charge in [-0.25, -0.2) is 9.18 Å². The standard InChI is InChI=1S/C26H27FN4O4/c1-4-33-23-13-20-17(12-24(23)35-26(32)31-10-9-28-16(3)14-31)21(7-8-29-20)34-22-6-5-19-18(25(22)27)11-15(2)30-19/h5-8,11-13,16,28,30H,4,9-10,14H2,1-3H3/t16-/m1/s1. The number of hydrogen-bond donors (Lipinski definition) is 2. The lowest BCUT2D eigenvalue weighted by atomic mass is 10.1. The van der Waals surface area contributed by atoms with E-state index in [-0.39, 0.29) is 17.5 Å². The van der Waals surface area contributed by atoms with Gasteiger partial charge in [0.25, 0.3) is 0 Å². The van der Waals surface area contributed by atoms with E-state index in [0.717, 1.165) is 5.69 Å². The Morgan fingerprint density at radius 2 is 2.00 bits per heavy atom. The zero-order valence-electron chi connectivity index (χ0n) is 19.9. The second-order valence-electron chi connectivity index (χ2n) is 8.62. The number of nitrogens with zero attached hydrogens (tertiary/aromatic N) is 2. The summed E-state index contributed by atoms with van der Waals surface area (Å²) >= 11 is 0. The number of rotatable bonds is 5. The number of carbonyl (C=O) groups excluding carboxylic acids is 1. The highest BCUT2D eigenvalue weighted by molar-refractivity contribution is 5.89. The lowest BCUT2D eigenvalue weighted by Gasteiger charge is -2.31. The molecule has 2 aromatic carbocycles. The summed E-state index contributed by atoms with van der Waals surface area (Å²) in [5.74, 6) is 0.673. The molecule has 0 spiro atoms. The van der Waals surface area contributed by atoms with Crippen LogP contribution in [0.2, 0.25) is 0 Å². The zero-order chi connectivity index (χ0) is 24.5. The van der Waals surface area contributed by atoms with E-state index in [1.807, 2.05) is 20.8 Å². The summed E-state index contributed by atoms with van der Waals surface area (Å²) in [5, 5.41) is 4.32. The highest BCUT2D eigenvalue weighted by Crippen LogP contribution is 2.39. The van der Waals surface area contributed by atoms with Crippen LogP contribution >= 0.6 is 0 Å². The lowest BCUT2D eigenvalue weighted by Crippen LogP contribution is -2.52.